The summed E-state index contributed by atoms with van der Waals surface area (Å²) < 4.78 is 5.40. The Morgan fingerprint density at radius 2 is 1.77 bits per heavy atom. The summed E-state index contributed by atoms with van der Waals surface area (Å²) in [5.74, 6) is -0.328. The first-order valence-corrected chi connectivity index (χ1v) is 9.14. The minimum atomic E-state index is -1.12. The van der Waals surface area contributed by atoms with Gasteiger partial charge >= 0.3 is 5.97 Å². The van der Waals surface area contributed by atoms with E-state index in [-0.39, 0.29) is 18.5 Å². The van der Waals surface area contributed by atoms with Gasteiger partial charge in [0.15, 0.2) is 0 Å². The fraction of sp³-hybridized carbons (Fsp3) is 0.591. The molecule has 0 aromatic carbocycles. The van der Waals surface area contributed by atoms with E-state index in [0.29, 0.717) is 6.42 Å². The third-order valence-electron chi connectivity index (χ3n) is 3.94. The quantitative estimate of drug-likeness (QED) is 0.414. The van der Waals surface area contributed by atoms with E-state index in [2.05, 4.69) is 26.5 Å². The minimum absolute atomic E-state index is 0.170. The number of carbonyl (C=O) groups excluding carboxylic acids is 1. The van der Waals surface area contributed by atoms with Crippen LogP contribution in [0, 0.1) is 0 Å². The maximum absolute atomic E-state index is 11.4. The topological polar surface area (TPSA) is 66.8 Å². The fourth-order valence-electron chi connectivity index (χ4n) is 2.62. The summed E-state index contributed by atoms with van der Waals surface area (Å²) in [6.45, 7) is 14.6. The zero-order valence-corrected chi connectivity index (χ0v) is 17.2. The summed E-state index contributed by atoms with van der Waals surface area (Å²) in [7, 11) is 0. The number of rotatable bonds is 11. The molecule has 4 nitrogen and oxygen atoms in total. The molecule has 0 aliphatic heterocycles. The molecule has 0 fully saturated rings. The highest BCUT2D eigenvalue weighted by Gasteiger charge is 2.20. The van der Waals surface area contributed by atoms with Crippen molar-refractivity contribution < 1.29 is 19.7 Å². The van der Waals surface area contributed by atoms with E-state index < -0.39 is 11.7 Å². The summed E-state index contributed by atoms with van der Waals surface area (Å²) in [5, 5.41) is 20.1. The van der Waals surface area contributed by atoms with Crippen molar-refractivity contribution in [3.63, 3.8) is 0 Å². The third kappa shape index (κ3) is 12.7. The number of hydrogen-bond donors (Lipinski definition) is 2. The van der Waals surface area contributed by atoms with E-state index >= 15 is 0 Å². The molecule has 0 radical (unpaired) electrons. The van der Waals surface area contributed by atoms with Crippen molar-refractivity contribution >= 4 is 5.97 Å². The van der Waals surface area contributed by atoms with Gasteiger partial charge in [-0.15, -0.1) is 6.58 Å². The third-order valence-corrected chi connectivity index (χ3v) is 3.94. The van der Waals surface area contributed by atoms with Crippen molar-refractivity contribution in [2.75, 3.05) is 0 Å². The first kappa shape index (κ1) is 24.4. The van der Waals surface area contributed by atoms with E-state index in [1.54, 1.807) is 13.0 Å². The van der Waals surface area contributed by atoms with Crippen LogP contribution in [0.15, 0.2) is 47.6 Å². The number of hydrogen-bond acceptors (Lipinski definition) is 4. The van der Waals surface area contributed by atoms with Crippen LogP contribution in [0.2, 0.25) is 0 Å². The number of carbonyl (C=O) groups is 1. The predicted octanol–water partition coefficient (Wildman–Crippen LogP) is 4.64. The summed E-state index contributed by atoms with van der Waals surface area (Å²) in [4.78, 5) is 11.4. The van der Waals surface area contributed by atoms with Gasteiger partial charge in [-0.05, 0) is 53.5 Å². The molecule has 0 heterocycles. The second kappa shape index (κ2) is 11.9. The lowest BCUT2D eigenvalue weighted by Crippen LogP contribution is -2.26. The largest absolute Gasteiger partial charge is 0.458 e. The Morgan fingerprint density at radius 3 is 2.27 bits per heavy atom. The van der Waals surface area contributed by atoms with Gasteiger partial charge < -0.3 is 14.9 Å². The Kier molecular flexibility index (Phi) is 11.1. The number of aliphatic hydroxyl groups is 2. The lowest BCUT2D eigenvalue weighted by atomic mass is 9.96. The van der Waals surface area contributed by atoms with Crippen molar-refractivity contribution in [1.29, 1.82) is 0 Å². The van der Waals surface area contributed by atoms with Gasteiger partial charge in [0.1, 0.15) is 6.10 Å². The number of esters is 1. The fourth-order valence-corrected chi connectivity index (χ4v) is 2.62. The average Bonchev–Trinajstić information content (AvgIpc) is 2.44. The maximum Gasteiger partial charge on any atom is 0.303 e. The van der Waals surface area contributed by atoms with Crippen molar-refractivity contribution in [3.05, 3.63) is 47.6 Å². The predicted molar refractivity (Wildman–Crippen MR) is 108 cm³/mol. The molecule has 0 unspecified atom stereocenters. The van der Waals surface area contributed by atoms with Gasteiger partial charge in [0.05, 0.1) is 11.7 Å². The molecule has 3 atom stereocenters. The molecule has 148 valence electrons. The van der Waals surface area contributed by atoms with Crippen molar-refractivity contribution in [3.8, 4) is 0 Å². The van der Waals surface area contributed by atoms with Gasteiger partial charge in [0.25, 0.3) is 0 Å². The number of aliphatic hydroxyl groups excluding tert-OH is 1. The lowest BCUT2D eigenvalue weighted by Gasteiger charge is -2.21. The molecular weight excluding hydrogens is 328 g/mol. The van der Waals surface area contributed by atoms with Crippen LogP contribution in [0.1, 0.15) is 67.2 Å². The second-order valence-corrected chi connectivity index (χ2v) is 7.53. The highest BCUT2D eigenvalue weighted by molar-refractivity contribution is 5.66. The monoisotopic (exact) mass is 364 g/mol. The van der Waals surface area contributed by atoms with Crippen LogP contribution in [0.4, 0.5) is 0 Å². The van der Waals surface area contributed by atoms with Crippen LogP contribution >= 0.6 is 0 Å². The smallest absolute Gasteiger partial charge is 0.303 e. The number of ether oxygens (including phenoxy) is 1. The van der Waals surface area contributed by atoms with Gasteiger partial charge in [0, 0.05) is 19.8 Å². The van der Waals surface area contributed by atoms with Crippen molar-refractivity contribution in [1.82, 2.24) is 0 Å². The molecule has 26 heavy (non-hydrogen) atoms. The first-order valence-electron chi connectivity index (χ1n) is 9.14. The highest BCUT2D eigenvalue weighted by atomic mass is 16.5. The van der Waals surface area contributed by atoms with Crippen LogP contribution in [-0.2, 0) is 9.53 Å². The molecule has 0 bridgehead atoms. The molecule has 0 rings (SSSR count). The zero-order valence-electron chi connectivity index (χ0n) is 17.2. The standard InChI is InChI=1S/C22H36O4/c1-8-22(7,25)15-20(24)12-18(5)14-21(26-19(6)23)13-17(4)11-9-10-16(2)3/h8,10,12-13,20-21,24-25H,1,9,11,14-15H2,2-7H3/b17-13+,18-12+/t20-,21-,22-/m1/s1. The van der Waals surface area contributed by atoms with Gasteiger partial charge in [-0.25, -0.2) is 0 Å². The summed E-state index contributed by atoms with van der Waals surface area (Å²) in [6.07, 6.45) is 8.68. The molecule has 0 saturated heterocycles. The minimum Gasteiger partial charge on any atom is -0.458 e. The van der Waals surface area contributed by atoms with E-state index in [9.17, 15) is 15.0 Å². The summed E-state index contributed by atoms with van der Waals surface area (Å²) in [5.41, 5.74) is 2.23. The first-order chi connectivity index (χ1) is 11.9. The van der Waals surface area contributed by atoms with Crippen LogP contribution < -0.4 is 0 Å². The van der Waals surface area contributed by atoms with E-state index in [4.69, 9.17) is 4.74 Å². The van der Waals surface area contributed by atoms with E-state index in [1.165, 1.54) is 18.6 Å². The zero-order chi connectivity index (χ0) is 20.3. The Hall–Kier alpha value is -1.65. The maximum atomic E-state index is 11.4. The Balaban J connectivity index is 4.97. The van der Waals surface area contributed by atoms with Crippen LogP contribution in [-0.4, -0.2) is 34.0 Å². The SMILES string of the molecule is C=C[C@@](C)(O)C[C@H](O)/C=C(\C)C[C@@H](/C=C(\C)CCC=C(C)C)OC(C)=O. The highest BCUT2D eigenvalue weighted by Crippen LogP contribution is 2.18. The van der Waals surface area contributed by atoms with E-state index in [0.717, 1.165) is 24.0 Å². The average molecular weight is 365 g/mol. The Labute approximate surface area is 159 Å². The Morgan fingerprint density at radius 1 is 1.15 bits per heavy atom. The normalized spacial score (nSPS) is 17.1. The van der Waals surface area contributed by atoms with Crippen molar-refractivity contribution in [2.45, 2.75) is 85.0 Å². The molecule has 0 aromatic rings. The molecule has 0 aliphatic rings. The van der Waals surface area contributed by atoms with Gasteiger partial charge in [-0.2, -0.15) is 0 Å². The molecule has 0 aliphatic carbocycles. The van der Waals surface area contributed by atoms with Crippen LogP contribution in [0.25, 0.3) is 0 Å². The molecule has 0 aromatic heterocycles. The Bertz CT molecular complexity index is 548. The van der Waals surface area contributed by atoms with E-state index in [1.807, 2.05) is 19.9 Å². The second-order valence-electron chi connectivity index (χ2n) is 7.53. The molecule has 2 N–H and O–H groups in total. The van der Waals surface area contributed by atoms with Gasteiger partial charge in [0.2, 0.25) is 0 Å². The summed E-state index contributed by atoms with van der Waals surface area (Å²) in [6, 6.07) is 0. The van der Waals surface area contributed by atoms with Gasteiger partial charge in [-0.1, -0.05) is 34.9 Å². The summed E-state index contributed by atoms with van der Waals surface area (Å²) >= 11 is 0. The lowest BCUT2D eigenvalue weighted by molar-refractivity contribution is -0.144. The molecular formula is C22H36O4. The van der Waals surface area contributed by atoms with Crippen LogP contribution in [0.5, 0.6) is 0 Å². The number of allylic oxidation sites excluding steroid dienone is 3. The molecule has 0 saturated carbocycles. The molecule has 4 heteroatoms. The van der Waals surface area contributed by atoms with Crippen molar-refractivity contribution in [2.24, 2.45) is 0 Å². The molecule has 0 spiro atoms. The van der Waals surface area contributed by atoms with Gasteiger partial charge in [-0.3, -0.25) is 4.79 Å². The van der Waals surface area contributed by atoms with Crippen LogP contribution in [0.3, 0.4) is 0 Å². The molecule has 0 amide bonds.